The Balaban J connectivity index is 2.06. The molecule has 3 rings (SSSR count). The van der Waals surface area contributed by atoms with Crippen molar-refractivity contribution in [3.63, 3.8) is 0 Å². The summed E-state index contributed by atoms with van der Waals surface area (Å²) in [7, 11) is 0. The van der Waals surface area contributed by atoms with Crippen LogP contribution in [0.15, 0.2) is 30.5 Å². The van der Waals surface area contributed by atoms with E-state index in [0.717, 1.165) is 11.1 Å². The molecule has 0 saturated heterocycles. The van der Waals surface area contributed by atoms with E-state index in [1.54, 1.807) is 0 Å². The fourth-order valence-electron chi connectivity index (χ4n) is 2.49. The van der Waals surface area contributed by atoms with Crippen LogP contribution < -0.4 is 5.73 Å². The van der Waals surface area contributed by atoms with Crippen LogP contribution in [0.25, 0.3) is 11.1 Å². The van der Waals surface area contributed by atoms with Crippen LogP contribution in [-0.4, -0.2) is 4.98 Å². The van der Waals surface area contributed by atoms with E-state index in [-0.39, 0.29) is 0 Å². The first kappa shape index (κ1) is 10.3. The maximum Gasteiger partial charge on any atom is 0.126 e. The Morgan fingerprint density at radius 3 is 2.71 bits per heavy atom. The number of rotatable bonds is 1. The molecule has 0 amide bonds. The van der Waals surface area contributed by atoms with E-state index in [1.165, 1.54) is 36.0 Å². The van der Waals surface area contributed by atoms with Crippen molar-refractivity contribution in [2.45, 2.75) is 26.2 Å². The molecule has 86 valence electrons. The fourth-order valence-corrected chi connectivity index (χ4v) is 2.49. The third-order valence-electron chi connectivity index (χ3n) is 3.55. The van der Waals surface area contributed by atoms with Gasteiger partial charge in [-0.2, -0.15) is 0 Å². The molecule has 2 heteroatoms. The van der Waals surface area contributed by atoms with Crippen LogP contribution in [0.1, 0.15) is 23.1 Å². The van der Waals surface area contributed by atoms with Crippen molar-refractivity contribution in [2.75, 3.05) is 5.73 Å². The molecule has 1 aromatic heterocycles. The highest BCUT2D eigenvalue weighted by molar-refractivity contribution is 5.66. The Hall–Kier alpha value is -1.83. The zero-order chi connectivity index (χ0) is 11.8. The lowest BCUT2D eigenvalue weighted by Crippen LogP contribution is -1.94. The van der Waals surface area contributed by atoms with Crippen molar-refractivity contribution >= 4 is 5.82 Å². The Labute approximate surface area is 102 Å². The summed E-state index contributed by atoms with van der Waals surface area (Å²) in [5.74, 6) is 0.620. The number of fused-ring (bicyclic) bond motifs is 1. The zero-order valence-corrected chi connectivity index (χ0v) is 10.0. The molecule has 0 spiro atoms. The van der Waals surface area contributed by atoms with Crippen molar-refractivity contribution in [3.8, 4) is 11.1 Å². The molecule has 2 nitrogen and oxygen atoms in total. The number of nitrogen functional groups attached to an aromatic ring is 1. The average Bonchev–Trinajstić information content (AvgIpc) is 2.79. The molecule has 0 atom stereocenters. The standard InChI is InChI=1S/C15H16N2/c1-10-7-14(9-17-15(10)16)13-6-5-11-3-2-4-12(11)8-13/h5-9H,2-4H2,1H3,(H2,16,17). The molecule has 1 aromatic carbocycles. The molecule has 1 aliphatic rings. The van der Waals surface area contributed by atoms with Crippen molar-refractivity contribution < 1.29 is 0 Å². The summed E-state index contributed by atoms with van der Waals surface area (Å²) >= 11 is 0. The van der Waals surface area contributed by atoms with Crippen molar-refractivity contribution in [3.05, 3.63) is 47.2 Å². The van der Waals surface area contributed by atoms with Gasteiger partial charge in [-0.3, -0.25) is 0 Å². The molecule has 0 bridgehead atoms. The van der Waals surface area contributed by atoms with Gasteiger partial charge in [0.05, 0.1) is 0 Å². The number of benzene rings is 1. The highest BCUT2D eigenvalue weighted by Crippen LogP contribution is 2.28. The van der Waals surface area contributed by atoms with E-state index in [2.05, 4.69) is 29.2 Å². The SMILES string of the molecule is Cc1cc(-c2ccc3c(c2)CCC3)cnc1N. The van der Waals surface area contributed by atoms with E-state index in [0.29, 0.717) is 5.82 Å². The summed E-state index contributed by atoms with van der Waals surface area (Å²) in [5.41, 5.74) is 12.2. The fraction of sp³-hybridized carbons (Fsp3) is 0.267. The van der Waals surface area contributed by atoms with Gasteiger partial charge in [-0.05, 0) is 54.5 Å². The van der Waals surface area contributed by atoms with Crippen LogP contribution in [-0.2, 0) is 12.8 Å². The third kappa shape index (κ3) is 1.80. The van der Waals surface area contributed by atoms with E-state index in [4.69, 9.17) is 5.73 Å². The van der Waals surface area contributed by atoms with Gasteiger partial charge in [-0.25, -0.2) is 4.98 Å². The van der Waals surface area contributed by atoms with Crippen LogP contribution in [0.4, 0.5) is 5.82 Å². The van der Waals surface area contributed by atoms with Crippen LogP contribution in [0.2, 0.25) is 0 Å². The van der Waals surface area contributed by atoms with Gasteiger partial charge in [0.15, 0.2) is 0 Å². The smallest absolute Gasteiger partial charge is 0.126 e. The zero-order valence-electron chi connectivity index (χ0n) is 10.0. The summed E-state index contributed by atoms with van der Waals surface area (Å²) < 4.78 is 0. The third-order valence-corrected chi connectivity index (χ3v) is 3.55. The van der Waals surface area contributed by atoms with E-state index < -0.39 is 0 Å². The highest BCUT2D eigenvalue weighted by Gasteiger charge is 2.11. The number of hydrogen-bond acceptors (Lipinski definition) is 2. The number of anilines is 1. The second-order valence-corrected chi connectivity index (χ2v) is 4.76. The molecule has 0 fully saturated rings. The summed E-state index contributed by atoms with van der Waals surface area (Å²) in [5, 5.41) is 0. The van der Waals surface area contributed by atoms with Gasteiger partial charge in [-0.1, -0.05) is 18.2 Å². The van der Waals surface area contributed by atoms with E-state index >= 15 is 0 Å². The van der Waals surface area contributed by atoms with Gasteiger partial charge in [-0.15, -0.1) is 0 Å². The van der Waals surface area contributed by atoms with Gasteiger partial charge in [0.25, 0.3) is 0 Å². The summed E-state index contributed by atoms with van der Waals surface area (Å²) in [6, 6.07) is 8.86. The number of pyridine rings is 1. The molecule has 2 N–H and O–H groups in total. The predicted molar refractivity (Wildman–Crippen MR) is 70.8 cm³/mol. The normalized spacial score (nSPS) is 13.7. The predicted octanol–water partition coefficient (Wildman–Crippen LogP) is 3.13. The molecule has 2 aromatic rings. The second-order valence-electron chi connectivity index (χ2n) is 4.76. The summed E-state index contributed by atoms with van der Waals surface area (Å²) in [6.45, 7) is 2.00. The molecular weight excluding hydrogens is 208 g/mol. The van der Waals surface area contributed by atoms with Gasteiger partial charge in [0, 0.05) is 11.8 Å². The second kappa shape index (κ2) is 3.88. The van der Waals surface area contributed by atoms with Crippen LogP contribution in [0, 0.1) is 6.92 Å². The molecule has 0 saturated carbocycles. The number of nitrogens with zero attached hydrogens (tertiary/aromatic N) is 1. The molecule has 0 aliphatic heterocycles. The minimum atomic E-state index is 0.620. The maximum absolute atomic E-state index is 5.75. The summed E-state index contributed by atoms with van der Waals surface area (Å²) in [6.07, 6.45) is 5.59. The Morgan fingerprint density at radius 1 is 1.06 bits per heavy atom. The van der Waals surface area contributed by atoms with Gasteiger partial charge >= 0.3 is 0 Å². The molecule has 0 radical (unpaired) electrons. The molecule has 1 heterocycles. The lowest BCUT2D eigenvalue weighted by Gasteiger charge is -2.07. The lowest BCUT2D eigenvalue weighted by molar-refractivity contribution is 0.912. The number of aryl methyl sites for hydroxylation is 3. The quantitative estimate of drug-likeness (QED) is 0.808. The number of aromatic nitrogens is 1. The van der Waals surface area contributed by atoms with Crippen molar-refractivity contribution in [1.29, 1.82) is 0 Å². The monoisotopic (exact) mass is 224 g/mol. The van der Waals surface area contributed by atoms with E-state index in [1.807, 2.05) is 13.1 Å². The Kier molecular flexibility index (Phi) is 2.36. The van der Waals surface area contributed by atoms with Gasteiger partial charge in [0.2, 0.25) is 0 Å². The van der Waals surface area contributed by atoms with Crippen molar-refractivity contribution in [1.82, 2.24) is 4.98 Å². The minimum absolute atomic E-state index is 0.620. The Morgan fingerprint density at radius 2 is 1.88 bits per heavy atom. The maximum atomic E-state index is 5.75. The molecular formula is C15H16N2. The van der Waals surface area contributed by atoms with E-state index in [9.17, 15) is 0 Å². The van der Waals surface area contributed by atoms with Gasteiger partial charge < -0.3 is 5.73 Å². The molecule has 0 unspecified atom stereocenters. The largest absolute Gasteiger partial charge is 0.383 e. The first-order valence-corrected chi connectivity index (χ1v) is 6.08. The van der Waals surface area contributed by atoms with Crippen LogP contribution in [0.3, 0.4) is 0 Å². The topological polar surface area (TPSA) is 38.9 Å². The number of hydrogen-bond donors (Lipinski definition) is 1. The number of nitrogens with two attached hydrogens (primary N) is 1. The Bertz CT molecular complexity index is 573. The lowest BCUT2D eigenvalue weighted by atomic mass is 10.0. The van der Waals surface area contributed by atoms with Crippen LogP contribution >= 0.6 is 0 Å². The summed E-state index contributed by atoms with van der Waals surface area (Å²) in [4.78, 5) is 4.23. The van der Waals surface area contributed by atoms with Crippen molar-refractivity contribution in [2.24, 2.45) is 0 Å². The highest BCUT2D eigenvalue weighted by atomic mass is 14.8. The van der Waals surface area contributed by atoms with Crippen LogP contribution in [0.5, 0.6) is 0 Å². The molecule has 17 heavy (non-hydrogen) atoms. The first-order chi connectivity index (χ1) is 8.24. The first-order valence-electron chi connectivity index (χ1n) is 6.08. The minimum Gasteiger partial charge on any atom is -0.383 e. The van der Waals surface area contributed by atoms with Gasteiger partial charge in [0.1, 0.15) is 5.82 Å². The molecule has 1 aliphatic carbocycles. The average molecular weight is 224 g/mol.